The van der Waals surface area contributed by atoms with Crippen LogP contribution in [-0.4, -0.2) is 24.7 Å². The molecule has 0 aliphatic heterocycles. The SMILES string of the molecule is CCn1cc(C(C)Nc2nc(C)nc(N)n2)cn1. The van der Waals surface area contributed by atoms with E-state index in [1.54, 1.807) is 6.92 Å². The van der Waals surface area contributed by atoms with Crippen molar-refractivity contribution in [3.63, 3.8) is 0 Å². The van der Waals surface area contributed by atoms with Gasteiger partial charge in [-0.2, -0.15) is 20.1 Å². The first kappa shape index (κ1) is 12.3. The summed E-state index contributed by atoms with van der Waals surface area (Å²) in [6.07, 6.45) is 3.83. The van der Waals surface area contributed by atoms with E-state index in [1.807, 2.05) is 30.9 Å². The third-order valence-electron chi connectivity index (χ3n) is 2.59. The van der Waals surface area contributed by atoms with Crippen molar-refractivity contribution in [3.05, 3.63) is 23.8 Å². The first-order valence-corrected chi connectivity index (χ1v) is 5.85. The van der Waals surface area contributed by atoms with E-state index in [4.69, 9.17) is 5.73 Å². The number of aromatic nitrogens is 5. The van der Waals surface area contributed by atoms with Crippen LogP contribution in [0, 0.1) is 6.92 Å². The fourth-order valence-electron chi connectivity index (χ4n) is 1.62. The molecular formula is C11H17N7. The molecule has 0 bridgehead atoms. The van der Waals surface area contributed by atoms with Crippen LogP contribution in [0.15, 0.2) is 12.4 Å². The Bertz CT molecular complexity index is 514. The summed E-state index contributed by atoms with van der Waals surface area (Å²) in [6, 6.07) is 0.0616. The zero-order valence-corrected chi connectivity index (χ0v) is 10.8. The fraction of sp³-hybridized carbons (Fsp3) is 0.455. The van der Waals surface area contributed by atoms with Crippen LogP contribution in [0.3, 0.4) is 0 Å². The maximum Gasteiger partial charge on any atom is 0.228 e. The highest BCUT2D eigenvalue weighted by molar-refractivity contribution is 5.33. The topological polar surface area (TPSA) is 94.5 Å². The lowest BCUT2D eigenvalue weighted by molar-refractivity contribution is 0.658. The Hall–Kier alpha value is -2.18. The number of hydrogen-bond acceptors (Lipinski definition) is 6. The summed E-state index contributed by atoms with van der Waals surface area (Å²) in [6.45, 7) is 6.70. The molecule has 0 spiro atoms. The molecule has 2 rings (SSSR count). The van der Waals surface area contributed by atoms with E-state index < -0.39 is 0 Å². The van der Waals surface area contributed by atoms with E-state index in [0.717, 1.165) is 12.1 Å². The van der Waals surface area contributed by atoms with E-state index in [0.29, 0.717) is 11.8 Å². The van der Waals surface area contributed by atoms with Gasteiger partial charge in [0.25, 0.3) is 0 Å². The highest BCUT2D eigenvalue weighted by Gasteiger charge is 2.10. The number of nitrogens with one attached hydrogen (secondary N) is 1. The van der Waals surface area contributed by atoms with Crippen molar-refractivity contribution in [2.75, 3.05) is 11.1 Å². The molecule has 0 saturated heterocycles. The molecule has 7 nitrogen and oxygen atoms in total. The van der Waals surface area contributed by atoms with Crippen LogP contribution in [0.25, 0.3) is 0 Å². The molecule has 0 radical (unpaired) electrons. The van der Waals surface area contributed by atoms with Gasteiger partial charge in [-0.05, 0) is 20.8 Å². The molecule has 2 heterocycles. The van der Waals surface area contributed by atoms with E-state index in [9.17, 15) is 0 Å². The summed E-state index contributed by atoms with van der Waals surface area (Å²) in [4.78, 5) is 12.2. The van der Waals surface area contributed by atoms with Gasteiger partial charge >= 0.3 is 0 Å². The predicted octanol–water partition coefficient (Wildman–Crippen LogP) is 1.15. The van der Waals surface area contributed by atoms with Crippen LogP contribution in [-0.2, 0) is 6.54 Å². The minimum absolute atomic E-state index is 0.0616. The summed E-state index contributed by atoms with van der Waals surface area (Å²) >= 11 is 0. The second-order valence-corrected chi connectivity index (χ2v) is 4.06. The minimum atomic E-state index is 0.0616. The molecule has 18 heavy (non-hydrogen) atoms. The second-order valence-electron chi connectivity index (χ2n) is 4.06. The molecule has 0 aliphatic rings. The van der Waals surface area contributed by atoms with Gasteiger partial charge in [-0.15, -0.1) is 0 Å². The average Bonchev–Trinajstić information content (AvgIpc) is 2.75. The molecule has 0 aliphatic carbocycles. The molecular weight excluding hydrogens is 230 g/mol. The summed E-state index contributed by atoms with van der Waals surface area (Å²) in [5.41, 5.74) is 6.66. The molecule has 0 fully saturated rings. The van der Waals surface area contributed by atoms with Crippen LogP contribution in [0.2, 0.25) is 0 Å². The van der Waals surface area contributed by atoms with Crippen molar-refractivity contribution in [3.8, 4) is 0 Å². The molecule has 2 aromatic rings. The molecule has 96 valence electrons. The zero-order chi connectivity index (χ0) is 13.1. The number of aryl methyl sites for hydroxylation is 2. The Kier molecular flexibility index (Phi) is 3.40. The van der Waals surface area contributed by atoms with Crippen molar-refractivity contribution in [1.29, 1.82) is 0 Å². The maximum atomic E-state index is 5.58. The van der Waals surface area contributed by atoms with Crippen LogP contribution < -0.4 is 11.1 Å². The van der Waals surface area contributed by atoms with Gasteiger partial charge in [0.05, 0.1) is 12.2 Å². The zero-order valence-electron chi connectivity index (χ0n) is 10.8. The van der Waals surface area contributed by atoms with Crippen molar-refractivity contribution < 1.29 is 0 Å². The number of rotatable bonds is 4. The van der Waals surface area contributed by atoms with E-state index in [1.165, 1.54) is 0 Å². The monoisotopic (exact) mass is 247 g/mol. The molecule has 1 atom stereocenters. The molecule has 0 amide bonds. The summed E-state index contributed by atoms with van der Waals surface area (Å²) in [7, 11) is 0. The van der Waals surface area contributed by atoms with Gasteiger partial charge in [0.2, 0.25) is 11.9 Å². The quantitative estimate of drug-likeness (QED) is 0.841. The molecule has 3 N–H and O–H groups in total. The summed E-state index contributed by atoms with van der Waals surface area (Å²) in [5, 5.41) is 7.41. The summed E-state index contributed by atoms with van der Waals surface area (Å²) in [5.74, 6) is 1.31. The average molecular weight is 247 g/mol. The smallest absolute Gasteiger partial charge is 0.228 e. The fourth-order valence-corrected chi connectivity index (χ4v) is 1.62. The predicted molar refractivity (Wildman–Crippen MR) is 68.9 cm³/mol. The second kappa shape index (κ2) is 4.99. The lowest BCUT2D eigenvalue weighted by Gasteiger charge is -2.12. The van der Waals surface area contributed by atoms with Gasteiger partial charge in [-0.3, -0.25) is 4.68 Å². The Morgan fingerprint density at radius 3 is 2.78 bits per heavy atom. The van der Waals surface area contributed by atoms with Gasteiger partial charge in [0, 0.05) is 18.3 Å². The number of nitrogen functional groups attached to an aromatic ring is 1. The number of nitrogens with zero attached hydrogens (tertiary/aromatic N) is 5. The van der Waals surface area contributed by atoms with Crippen LogP contribution in [0.5, 0.6) is 0 Å². The standard InChI is InChI=1S/C11H17N7/c1-4-18-6-9(5-13-18)7(2)14-11-16-8(3)15-10(12)17-11/h5-7H,4H2,1-3H3,(H3,12,14,15,16,17). The van der Waals surface area contributed by atoms with Crippen molar-refractivity contribution in [2.24, 2.45) is 0 Å². The number of hydrogen-bond donors (Lipinski definition) is 2. The van der Waals surface area contributed by atoms with Gasteiger partial charge in [-0.1, -0.05) is 0 Å². The van der Waals surface area contributed by atoms with E-state index in [-0.39, 0.29) is 12.0 Å². The first-order valence-electron chi connectivity index (χ1n) is 5.85. The van der Waals surface area contributed by atoms with Crippen molar-refractivity contribution in [2.45, 2.75) is 33.4 Å². The van der Waals surface area contributed by atoms with Gasteiger partial charge in [0.15, 0.2) is 0 Å². The number of nitrogens with two attached hydrogens (primary N) is 1. The minimum Gasteiger partial charge on any atom is -0.368 e. The Balaban J connectivity index is 2.12. The first-order chi connectivity index (χ1) is 8.58. The normalized spacial score (nSPS) is 12.4. The highest BCUT2D eigenvalue weighted by Crippen LogP contribution is 2.16. The van der Waals surface area contributed by atoms with Gasteiger partial charge in [0.1, 0.15) is 5.82 Å². The maximum absolute atomic E-state index is 5.58. The molecule has 0 saturated carbocycles. The Morgan fingerprint density at radius 1 is 1.39 bits per heavy atom. The van der Waals surface area contributed by atoms with E-state index >= 15 is 0 Å². The van der Waals surface area contributed by atoms with Gasteiger partial charge in [-0.25, -0.2) is 0 Å². The highest BCUT2D eigenvalue weighted by atomic mass is 15.3. The third-order valence-corrected chi connectivity index (χ3v) is 2.59. The largest absolute Gasteiger partial charge is 0.368 e. The molecule has 2 aromatic heterocycles. The number of anilines is 2. The van der Waals surface area contributed by atoms with Gasteiger partial charge < -0.3 is 11.1 Å². The van der Waals surface area contributed by atoms with E-state index in [2.05, 4.69) is 25.4 Å². The van der Waals surface area contributed by atoms with Crippen LogP contribution >= 0.6 is 0 Å². The lowest BCUT2D eigenvalue weighted by atomic mass is 10.2. The van der Waals surface area contributed by atoms with Crippen LogP contribution in [0.4, 0.5) is 11.9 Å². The molecule has 7 heteroatoms. The lowest BCUT2D eigenvalue weighted by Crippen LogP contribution is -2.11. The third kappa shape index (κ3) is 2.73. The Labute approximate surface area is 105 Å². The molecule has 0 aromatic carbocycles. The summed E-state index contributed by atoms with van der Waals surface area (Å²) < 4.78 is 1.88. The van der Waals surface area contributed by atoms with Crippen LogP contribution in [0.1, 0.15) is 31.3 Å². The van der Waals surface area contributed by atoms with Crippen molar-refractivity contribution >= 4 is 11.9 Å². The molecule has 1 unspecified atom stereocenters. The Morgan fingerprint density at radius 2 is 2.17 bits per heavy atom. The van der Waals surface area contributed by atoms with Crippen molar-refractivity contribution in [1.82, 2.24) is 24.7 Å².